The van der Waals surface area contributed by atoms with Gasteiger partial charge in [0, 0.05) is 29.6 Å². The molecule has 0 spiro atoms. The molecular weight excluding hydrogens is 302 g/mol. The molecule has 4 aromatic rings. The molecule has 0 amide bonds. The van der Waals surface area contributed by atoms with Crippen molar-refractivity contribution in [2.75, 3.05) is 18.8 Å². The topological polar surface area (TPSA) is 108 Å². The zero-order chi connectivity index (χ0) is 16.1. The Labute approximate surface area is 137 Å². The number of anilines is 1. The quantitative estimate of drug-likeness (QED) is 0.453. The Balaban J connectivity index is 1.71. The van der Waals surface area contributed by atoms with Gasteiger partial charge in [-0.2, -0.15) is 5.10 Å². The number of aromatic amines is 2. The Hall–Kier alpha value is -2.93. The van der Waals surface area contributed by atoms with Gasteiger partial charge >= 0.3 is 0 Å². The van der Waals surface area contributed by atoms with Gasteiger partial charge in [0.05, 0.1) is 16.7 Å². The minimum absolute atomic E-state index is 0.412. The van der Waals surface area contributed by atoms with E-state index < -0.39 is 0 Å². The monoisotopic (exact) mass is 319 g/mol. The summed E-state index contributed by atoms with van der Waals surface area (Å²) in [5.74, 6) is 1.87. The zero-order valence-electron chi connectivity index (χ0n) is 13.0. The van der Waals surface area contributed by atoms with E-state index in [1.165, 1.54) is 0 Å². The highest BCUT2D eigenvalue weighted by Gasteiger charge is 2.21. The van der Waals surface area contributed by atoms with E-state index in [2.05, 4.69) is 31.5 Å². The van der Waals surface area contributed by atoms with Crippen molar-refractivity contribution >= 4 is 27.8 Å². The molecule has 0 bridgehead atoms. The van der Waals surface area contributed by atoms with Gasteiger partial charge in [-0.3, -0.25) is 5.10 Å². The zero-order valence-corrected chi connectivity index (χ0v) is 13.0. The lowest BCUT2D eigenvalue weighted by Crippen LogP contribution is -2.08. The van der Waals surface area contributed by atoms with Gasteiger partial charge in [0.15, 0.2) is 5.82 Å². The van der Waals surface area contributed by atoms with Crippen LogP contribution in [0.4, 0.5) is 5.82 Å². The minimum atomic E-state index is 0.412. The fourth-order valence-electron chi connectivity index (χ4n) is 3.45. The number of fused-ring (bicyclic) bond motifs is 3. The van der Waals surface area contributed by atoms with Gasteiger partial charge in [-0.25, -0.2) is 9.97 Å². The van der Waals surface area contributed by atoms with Crippen molar-refractivity contribution in [1.29, 1.82) is 0 Å². The normalized spacial score (nSPS) is 17.9. The van der Waals surface area contributed by atoms with Gasteiger partial charge in [0.1, 0.15) is 11.3 Å². The number of aromatic nitrogens is 5. The third kappa shape index (κ3) is 1.98. The van der Waals surface area contributed by atoms with Crippen LogP contribution in [0.15, 0.2) is 30.5 Å². The Morgan fingerprint density at radius 1 is 1.17 bits per heavy atom. The molecule has 7 nitrogen and oxygen atoms in total. The molecule has 0 aliphatic carbocycles. The van der Waals surface area contributed by atoms with Crippen molar-refractivity contribution in [3.63, 3.8) is 0 Å². The maximum Gasteiger partial charge on any atom is 0.152 e. The van der Waals surface area contributed by atoms with Crippen LogP contribution in [0.5, 0.6) is 0 Å². The molecule has 1 fully saturated rings. The highest BCUT2D eigenvalue weighted by molar-refractivity contribution is 6.07. The van der Waals surface area contributed by atoms with Crippen LogP contribution in [0.2, 0.25) is 0 Å². The predicted molar refractivity (Wildman–Crippen MR) is 93.6 cm³/mol. The molecule has 3 aromatic heterocycles. The summed E-state index contributed by atoms with van der Waals surface area (Å²) in [4.78, 5) is 12.8. The summed E-state index contributed by atoms with van der Waals surface area (Å²) < 4.78 is 0. The first kappa shape index (κ1) is 13.5. The molecule has 1 aliphatic rings. The smallest absolute Gasteiger partial charge is 0.152 e. The molecule has 24 heavy (non-hydrogen) atoms. The Morgan fingerprint density at radius 2 is 2.12 bits per heavy atom. The van der Waals surface area contributed by atoms with Gasteiger partial charge in [-0.05, 0) is 31.2 Å². The molecule has 1 aromatic carbocycles. The number of benzene rings is 1. The number of rotatable bonds is 2. The van der Waals surface area contributed by atoms with Crippen LogP contribution in [0.25, 0.3) is 33.2 Å². The number of hydrogen-bond acceptors (Lipinski definition) is 5. The lowest BCUT2D eigenvalue weighted by atomic mass is 10.1. The number of nitrogens with two attached hydrogens (primary N) is 1. The van der Waals surface area contributed by atoms with Crippen molar-refractivity contribution < 1.29 is 0 Å². The molecule has 1 saturated heterocycles. The van der Waals surface area contributed by atoms with Gasteiger partial charge in [0.25, 0.3) is 0 Å². The second kappa shape index (κ2) is 5.04. The van der Waals surface area contributed by atoms with Gasteiger partial charge in [-0.1, -0.05) is 6.07 Å². The van der Waals surface area contributed by atoms with Crippen LogP contribution >= 0.6 is 0 Å². The molecular formula is C17H17N7. The summed E-state index contributed by atoms with van der Waals surface area (Å²) in [7, 11) is 0. The molecule has 0 saturated carbocycles. The van der Waals surface area contributed by atoms with E-state index >= 15 is 0 Å². The summed E-state index contributed by atoms with van der Waals surface area (Å²) in [5, 5.41) is 11.5. The van der Waals surface area contributed by atoms with E-state index in [0.29, 0.717) is 11.7 Å². The number of nitrogen functional groups attached to an aromatic ring is 1. The first-order chi connectivity index (χ1) is 11.8. The van der Waals surface area contributed by atoms with Crippen LogP contribution in [-0.2, 0) is 0 Å². The standard InChI is InChI=1S/C17H17N7/c18-16-15-14(22-17(23-15)10-3-5-19-8-10)11-2-1-9(7-13(11)21-16)12-4-6-20-24-12/h1-2,4,6-7,10,19H,3,5,8H2,(H2,18,21)(H,20,24)(H,22,23)/t10-/m0/s1. The average Bonchev–Trinajstić information content (AvgIpc) is 3.33. The van der Waals surface area contributed by atoms with Gasteiger partial charge in [0.2, 0.25) is 0 Å². The van der Waals surface area contributed by atoms with E-state index in [1.54, 1.807) is 6.20 Å². The first-order valence-electron chi connectivity index (χ1n) is 8.09. The highest BCUT2D eigenvalue weighted by Crippen LogP contribution is 2.31. The number of nitrogens with one attached hydrogen (secondary N) is 3. The van der Waals surface area contributed by atoms with Crippen molar-refractivity contribution in [2.24, 2.45) is 0 Å². The van der Waals surface area contributed by atoms with E-state index in [0.717, 1.165) is 58.5 Å². The molecule has 5 rings (SSSR count). The fraction of sp³-hybridized carbons (Fsp3) is 0.235. The van der Waals surface area contributed by atoms with Crippen molar-refractivity contribution in [3.8, 4) is 11.3 Å². The summed E-state index contributed by atoms with van der Waals surface area (Å²) in [6.45, 7) is 1.98. The number of nitrogens with zero attached hydrogens (tertiary/aromatic N) is 3. The highest BCUT2D eigenvalue weighted by atomic mass is 15.1. The molecule has 0 radical (unpaired) electrons. The largest absolute Gasteiger partial charge is 0.382 e. The Kier molecular flexibility index (Phi) is 2.83. The lowest BCUT2D eigenvalue weighted by Gasteiger charge is -2.04. The van der Waals surface area contributed by atoms with Crippen molar-refractivity contribution in [2.45, 2.75) is 12.3 Å². The number of H-pyrrole nitrogens is 2. The second-order valence-electron chi connectivity index (χ2n) is 6.22. The Bertz CT molecular complexity index is 1030. The summed E-state index contributed by atoms with van der Waals surface area (Å²) in [6.07, 6.45) is 2.90. The van der Waals surface area contributed by atoms with Gasteiger partial charge in [-0.15, -0.1) is 0 Å². The summed E-state index contributed by atoms with van der Waals surface area (Å²) in [6, 6.07) is 8.06. The van der Waals surface area contributed by atoms with Crippen molar-refractivity contribution in [3.05, 3.63) is 36.3 Å². The van der Waals surface area contributed by atoms with E-state index in [-0.39, 0.29) is 0 Å². The SMILES string of the molecule is Nc1nc2cc(-c3cc[nH]n3)ccc2c2[nH]c([C@H]3CCNC3)nc12. The number of pyridine rings is 1. The second-order valence-corrected chi connectivity index (χ2v) is 6.22. The number of imidazole rings is 1. The molecule has 7 heteroatoms. The van der Waals surface area contributed by atoms with E-state index in [1.807, 2.05) is 18.2 Å². The molecule has 4 heterocycles. The maximum absolute atomic E-state index is 6.17. The lowest BCUT2D eigenvalue weighted by molar-refractivity contribution is 0.717. The van der Waals surface area contributed by atoms with Crippen LogP contribution < -0.4 is 11.1 Å². The molecule has 0 unspecified atom stereocenters. The molecule has 5 N–H and O–H groups in total. The summed E-state index contributed by atoms with van der Waals surface area (Å²) >= 11 is 0. The van der Waals surface area contributed by atoms with E-state index in [9.17, 15) is 0 Å². The first-order valence-corrected chi connectivity index (χ1v) is 8.09. The molecule has 1 atom stereocenters. The van der Waals surface area contributed by atoms with Crippen LogP contribution in [-0.4, -0.2) is 38.2 Å². The fourth-order valence-corrected chi connectivity index (χ4v) is 3.45. The molecule has 1 aliphatic heterocycles. The minimum Gasteiger partial charge on any atom is -0.382 e. The van der Waals surface area contributed by atoms with Crippen molar-refractivity contribution in [1.82, 2.24) is 30.5 Å². The third-order valence-electron chi connectivity index (χ3n) is 4.72. The van der Waals surface area contributed by atoms with E-state index in [4.69, 9.17) is 10.7 Å². The maximum atomic E-state index is 6.17. The molecule has 120 valence electrons. The summed E-state index contributed by atoms with van der Waals surface area (Å²) in [5.41, 5.74) is 10.6. The number of hydrogen-bond donors (Lipinski definition) is 4. The third-order valence-corrected chi connectivity index (χ3v) is 4.72. The van der Waals surface area contributed by atoms with Gasteiger partial charge < -0.3 is 16.0 Å². The average molecular weight is 319 g/mol. The van der Waals surface area contributed by atoms with Crippen LogP contribution in [0.1, 0.15) is 18.2 Å². The Morgan fingerprint density at radius 3 is 2.92 bits per heavy atom. The predicted octanol–water partition coefficient (Wildman–Crippen LogP) is 2.16. The van der Waals surface area contributed by atoms with Crippen LogP contribution in [0, 0.1) is 0 Å². The van der Waals surface area contributed by atoms with Crippen LogP contribution in [0.3, 0.4) is 0 Å².